The molecule has 0 heterocycles. The highest BCUT2D eigenvalue weighted by molar-refractivity contribution is 7.59. The highest BCUT2D eigenvalue weighted by Gasteiger charge is 1.94. The van der Waals surface area contributed by atoms with Crippen LogP contribution in [0.25, 0.3) is 44.5 Å². The Morgan fingerprint density at radius 1 is 0.189 bits per heavy atom. The largest absolute Gasteiger partial charge is 0.335 e. The zero-order chi connectivity index (χ0) is 35.6. The Morgan fingerprint density at radius 3 is 0.340 bits per heavy atom. The highest BCUT2D eigenvalue weighted by atomic mass is 32.1. The fourth-order valence-corrected chi connectivity index (χ4v) is 5.04. The van der Waals surface area contributed by atoms with E-state index in [1.165, 1.54) is 44.5 Å². The van der Waals surface area contributed by atoms with E-state index >= 15 is 0 Å². The van der Waals surface area contributed by atoms with Crippen molar-refractivity contribution in [2.45, 2.75) is 0 Å². The first-order chi connectivity index (χ1) is 25.3. The number of hydrogen-bond acceptors (Lipinski definition) is 2. The summed E-state index contributed by atoms with van der Waals surface area (Å²) in [6, 6.07) is 83.1. The van der Waals surface area contributed by atoms with Crippen molar-refractivity contribution < 1.29 is 8.42 Å². The molecule has 0 aliphatic heterocycles. The Balaban J connectivity index is 0.000000235. The highest BCUT2D eigenvalue weighted by Crippen LogP contribution is 2.20. The topological polar surface area (TPSA) is 34.1 Å². The van der Waals surface area contributed by atoms with E-state index in [0.29, 0.717) is 0 Å². The molecule has 0 bridgehead atoms. The Bertz CT molecular complexity index is 1610. The molecule has 5 heteroatoms. The molecule has 0 N–H and O–H groups in total. The molecule has 0 spiro atoms. The van der Waals surface area contributed by atoms with Crippen molar-refractivity contribution in [2.24, 2.45) is 0 Å². The summed E-state index contributed by atoms with van der Waals surface area (Å²) >= 11 is -0.750. The molecule has 0 radical (unpaired) electrons. The van der Waals surface area contributed by atoms with Crippen molar-refractivity contribution in [3.8, 4) is 44.5 Å². The van der Waals surface area contributed by atoms with Gasteiger partial charge in [0.15, 0.2) is 0 Å². The van der Waals surface area contributed by atoms with Crippen molar-refractivity contribution in [1.82, 2.24) is 0 Å². The average molecular weight is 749 g/mol. The Morgan fingerprint density at radius 2 is 0.264 bits per heavy atom. The van der Waals surface area contributed by atoms with Gasteiger partial charge in [-0.25, -0.2) is 0 Å². The predicted octanol–water partition coefficient (Wildman–Crippen LogP) is 13.0. The molecule has 0 saturated carbocycles. The predicted molar refractivity (Wildman–Crippen MR) is 237 cm³/mol. The molecule has 0 fully saturated rings. The molecular formula is C48H44O2S3. The summed E-state index contributed by atoms with van der Waals surface area (Å²) in [6.45, 7) is 0. The van der Waals surface area contributed by atoms with E-state index in [4.69, 9.17) is 8.42 Å². The molecular weight excluding hydrogens is 705 g/mol. The Kier molecular flexibility index (Phi) is 22.1. The van der Waals surface area contributed by atoms with Gasteiger partial charge in [-0.2, -0.15) is 35.4 Å². The minimum absolute atomic E-state index is 0. The first kappa shape index (κ1) is 43.4. The summed E-state index contributed by atoms with van der Waals surface area (Å²) in [4.78, 5) is 0. The van der Waals surface area contributed by atoms with Crippen molar-refractivity contribution >= 4 is 38.6 Å². The van der Waals surface area contributed by atoms with Crippen LogP contribution in [0, 0.1) is 0 Å². The summed E-state index contributed by atoms with van der Waals surface area (Å²) in [5.41, 5.74) is 10.2. The lowest BCUT2D eigenvalue weighted by Crippen LogP contribution is -1.73. The molecule has 8 aromatic carbocycles. The van der Waals surface area contributed by atoms with Gasteiger partial charge in [-0.3, -0.25) is 0 Å². The van der Waals surface area contributed by atoms with Gasteiger partial charge in [-0.1, -0.05) is 243 Å². The third kappa shape index (κ3) is 16.4. The summed E-state index contributed by atoms with van der Waals surface area (Å²) in [5.74, 6) is 0. The van der Waals surface area contributed by atoms with E-state index in [0.717, 1.165) is 0 Å². The molecule has 0 amide bonds. The molecule has 0 aromatic heterocycles. The van der Waals surface area contributed by atoms with E-state index in [9.17, 15) is 0 Å². The van der Waals surface area contributed by atoms with Crippen LogP contribution in [0.2, 0.25) is 0 Å². The van der Waals surface area contributed by atoms with Gasteiger partial charge >= 0.3 is 11.6 Å². The second-order valence-corrected chi connectivity index (χ2v) is 11.1. The standard InChI is InChI=1S/4C12H10.O2S.2H2S/c4*1-3-7-11(8-4-1)12-9-5-2-6-10-12;1-3-2;;/h4*1-10H;;2*1H2. The van der Waals surface area contributed by atoms with Crippen LogP contribution in [0.5, 0.6) is 0 Å². The fourth-order valence-electron chi connectivity index (χ4n) is 5.04. The maximum absolute atomic E-state index is 8.29. The van der Waals surface area contributed by atoms with Crippen LogP contribution in [-0.2, 0) is 11.6 Å². The van der Waals surface area contributed by atoms with Gasteiger partial charge in [-0.15, -0.1) is 0 Å². The third-order valence-electron chi connectivity index (χ3n) is 7.52. The van der Waals surface area contributed by atoms with E-state index in [1.807, 2.05) is 48.5 Å². The lowest BCUT2D eigenvalue weighted by molar-refractivity contribution is 0.630. The smallest absolute Gasteiger partial charge is 0.197 e. The van der Waals surface area contributed by atoms with E-state index < -0.39 is 11.6 Å². The molecule has 2 nitrogen and oxygen atoms in total. The summed E-state index contributed by atoms with van der Waals surface area (Å²) < 4.78 is 16.6. The van der Waals surface area contributed by atoms with Crippen LogP contribution >= 0.6 is 27.0 Å². The van der Waals surface area contributed by atoms with Gasteiger partial charge in [0.25, 0.3) is 0 Å². The third-order valence-corrected chi connectivity index (χ3v) is 7.52. The number of hydrogen-bond donors (Lipinski definition) is 0. The molecule has 0 atom stereocenters. The van der Waals surface area contributed by atoms with Crippen molar-refractivity contribution in [2.75, 3.05) is 0 Å². The molecule has 0 saturated heterocycles. The van der Waals surface area contributed by atoms with Gasteiger partial charge in [0.2, 0.25) is 0 Å². The monoisotopic (exact) mass is 748 g/mol. The van der Waals surface area contributed by atoms with E-state index in [-0.39, 0.29) is 27.0 Å². The van der Waals surface area contributed by atoms with E-state index in [2.05, 4.69) is 194 Å². The first-order valence-electron chi connectivity index (χ1n) is 16.6. The summed E-state index contributed by atoms with van der Waals surface area (Å²) in [5, 5.41) is 0. The second-order valence-electron chi connectivity index (χ2n) is 11.0. The summed E-state index contributed by atoms with van der Waals surface area (Å²) in [6.07, 6.45) is 0. The molecule has 0 aliphatic rings. The molecule has 8 aromatic rings. The van der Waals surface area contributed by atoms with Crippen LogP contribution < -0.4 is 0 Å². The lowest BCUT2D eigenvalue weighted by atomic mass is 10.1. The van der Waals surface area contributed by atoms with E-state index in [1.54, 1.807) is 0 Å². The normalized spacial score (nSPS) is 8.98. The van der Waals surface area contributed by atoms with Crippen LogP contribution in [0.4, 0.5) is 0 Å². The summed E-state index contributed by atoms with van der Waals surface area (Å²) in [7, 11) is 0. The maximum atomic E-state index is 8.29. The second kappa shape index (κ2) is 27.0. The van der Waals surface area contributed by atoms with Crippen LogP contribution in [0.15, 0.2) is 243 Å². The number of rotatable bonds is 4. The number of benzene rings is 8. The van der Waals surface area contributed by atoms with Gasteiger partial charge in [0, 0.05) is 0 Å². The van der Waals surface area contributed by atoms with Gasteiger partial charge < -0.3 is 0 Å². The maximum Gasteiger partial charge on any atom is 0.335 e. The van der Waals surface area contributed by atoms with Crippen LogP contribution in [0.3, 0.4) is 0 Å². The molecule has 0 unspecified atom stereocenters. The van der Waals surface area contributed by atoms with Crippen molar-refractivity contribution in [1.29, 1.82) is 0 Å². The fraction of sp³-hybridized carbons (Fsp3) is 0. The van der Waals surface area contributed by atoms with Gasteiger partial charge in [-0.05, 0) is 44.5 Å². The average Bonchev–Trinajstić information content (AvgIpc) is 3.24. The Labute approximate surface area is 332 Å². The first-order valence-corrected chi connectivity index (χ1v) is 17.3. The zero-order valence-electron chi connectivity index (χ0n) is 29.3. The Hall–Kier alpha value is -5.72. The van der Waals surface area contributed by atoms with Crippen LogP contribution in [0.1, 0.15) is 0 Å². The molecule has 8 rings (SSSR count). The molecule has 0 aliphatic carbocycles. The quantitative estimate of drug-likeness (QED) is 0.180. The lowest BCUT2D eigenvalue weighted by Gasteiger charge is -1.98. The molecule has 266 valence electrons. The molecule has 53 heavy (non-hydrogen) atoms. The SMILES string of the molecule is O=S=O.S.S.c1ccc(-c2ccccc2)cc1.c1ccc(-c2ccccc2)cc1.c1ccc(-c2ccccc2)cc1.c1ccc(-c2ccccc2)cc1. The minimum Gasteiger partial charge on any atom is -0.197 e. The van der Waals surface area contributed by atoms with Crippen molar-refractivity contribution in [3.63, 3.8) is 0 Å². The zero-order valence-corrected chi connectivity index (χ0v) is 32.1. The minimum atomic E-state index is -0.750. The van der Waals surface area contributed by atoms with Crippen LogP contribution in [-0.4, -0.2) is 8.42 Å². The van der Waals surface area contributed by atoms with Gasteiger partial charge in [0.1, 0.15) is 0 Å². The van der Waals surface area contributed by atoms with Gasteiger partial charge in [0.05, 0.1) is 0 Å². The van der Waals surface area contributed by atoms with Crippen molar-refractivity contribution in [3.05, 3.63) is 243 Å².